The van der Waals surface area contributed by atoms with Gasteiger partial charge in [-0.15, -0.1) is 0 Å². The maximum Gasteiger partial charge on any atom is 0.143 e. The van der Waals surface area contributed by atoms with E-state index in [-0.39, 0.29) is 0 Å². The zero-order valence-corrected chi connectivity index (χ0v) is 33.2. The number of benzene rings is 10. The van der Waals surface area contributed by atoms with E-state index in [2.05, 4.69) is 240 Å². The van der Waals surface area contributed by atoms with Crippen LogP contribution in [0.2, 0.25) is 0 Å². The summed E-state index contributed by atoms with van der Waals surface area (Å²) in [5.74, 6) is 0. The maximum absolute atomic E-state index is 6.74. The summed E-state index contributed by atoms with van der Waals surface area (Å²) in [6.45, 7) is 0. The number of rotatable bonds is 7. The van der Waals surface area contributed by atoms with E-state index in [1.807, 2.05) is 0 Å². The highest BCUT2D eigenvalue weighted by molar-refractivity contribution is 6.20. The van der Waals surface area contributed by atoms with Crippen LogP contribution in [0.3, 0.4) is 0 Å². The molecule has 10 aromatic carbocycles. The van der Waals surface area contributed by atoms with Gasteiger partial charge in [0, 0.05) is 38.6 Å². The quantitative estimate of drug-likeness (QED) is 0.161. The van der Waals surface area contributed by atoms with E-state index in [9.17, 15) is 0 Å². The highest BCUT2D eigenvalue weighted by atomic mass is 16.3. The van der Waals surface area contributed by atoms with Crippen molar-refractivity contribution in [1.82, 2.24) is 4.57 Å². The van der Waals surface area contributed by atoms with Crippen LogP contribution in [-0.4, -0.2) is 4.57 Å². The summed E-state index contributed by atoms with van der Waals surface area (Å²) in [7, 11) is 0. The molecule has 3 heteroatoms. The molecule has 0 aliphatic rings. The fourth-order valence-electron chi connectivity index (χ4n) is 9.37. The molecule has 0 atom stereocenters. The van der Waals surface area contributed by atoms with E-state index in [1.54, 1.807) is 0 Å². The SMILES string of the molecule is c1ccc(-c2ccc(-c3ccc(N(c4cccc(-c5cccc6c5c5ccccc5n6-c5ccccc5)c4)c4cccc5oc6c7ccccc7ccc6c45)cc3)cc2)cc1. The molecular weight excluding hydrogens is 741 g/mol. The number of anilines is 3. The summed E-state index contributed by atoms with van der Waals surface area (Å²) in [5, 5.41) is 6.93. The third-order valence-corrected chi connectivity index (χ3v) is 12.2. The molecule has 2 heterocycles. The van der Waals surface area contributed by atoms with Gasteiger partial charge in [0.05, 0.1) is 22.1 Å². The first-order chi connectivity index (χ1) is 30.3. The Labute approximate surface area is 353 Å². The summed E-state index contributed by atoms with van der Waals surface area (Å²) in [6, 6.07) is 82.8. The van der Waals surface area contributed by atoms with Gasteiger partial charge in [-0.05, 0) is 105 Å². The number of hydrogen-bond acceptors (Lipinski definition) is 2. The zero-order valence-electron chi connectivity index (χ0n) is 33.2. The first-order valence-electron chi connectivity index (χ1n) is 20.8. The molecule has 0 aliphatic heterocycles. The van der Waals surface area contributed by atoms with Gasteiger partial charge in [0.15, 0.2) is 0 Å². The minimum absolute atomic E-state index is 0.860. The molecule has 286 valence electrons. The lowest BCUT2D eigenvalue weighted by atomic mass is 9.98. The second kappa shape index (κ2) is 14.3. The first kappa shape index (κ1) is 34.9. The molecule has 0 spiro atoms. The molecule has 0 unspecified atom stereocenters. The Morgan fingerprint density at radius 3 is 1.75 bits per heavy atom. The zero-order chi connectivity index (χ0) is 40.3. The van der Waals surface area contributed by atoms with Crippen molar-refractivity contribution in [2.45, 2.75) is 0 Å². The largest absolute Gasteiger partial charge is 0.455 e. The highest BCUT2D eigenvalue weighted by Crippen LogP contribution is 2.46. The van der Waals surface area contributed by atoms with Crippen molar-refractivity contribution in [2.75, 3.05) is 4.90 Å². The number of nitrogens with zero attached hydrogens (tertiary/aromatic N) is 2. The summed E-state index contributed by atoms with van der Waals surface area (Å²) in [6.07, 6.45) is 0. The van der Waals surface area contributed by atoms with Crippen molar-refractivity contribution in [2.24, 2.45) is 0 Å². The second-order valence-electron chi connectivity index (χ2n) is 15.7. The normalized spacial score (nSPS) is 11.6. The summed E-state index contributed by atoms with van der Waals surface area (Å²) in [4.78, 5) is 2.39. The van der Waals surface area contributed by atoms with Crippen LogP contribution in [0.4, 0.5) is 17.1 Å². The molecule has 0 fully saturated rings. The smallest absolute Gasteiger partial charge is 0.143 e. The molecule has 12 rings (SSSR count). The molecule has 61 heavy (non-hydrogen) atoms. The molecule has 3 nitrogen and oxygen atoms in total. The Morgan fingerprint density at radius 2 is 0.967 bits per heavy atom. The van der Waals surface area contributed by atoms with Gasteiger partial charge in [-0.3, -0.25) is 0 Å². The Kier molecular flexibility index (Phi) is 8.17. The average Bonchev–Trinajstić information content (AvgIpc) is 3.90. The van der Waals surface area contributed by atoms with Crippen LogP contribution in [-0.2, 0) is 0 Å². The van der Waals surface area contributed by atoms with Gasteiger partial charge >= 0.3 is 0 Å². The van der Waals surface area contributed by atoms with Crippen molar-refractivity contribution < 1.29 is 4.42 Å². The van der Waals surface area contributed by atoms with Gasteiger partial charge in [-0.1, -0.05) is 164 Å². The Bertz CT molecular complexity index is 3560. The summed E-state index contributed by atoms with van der Waals surface area (Å²) >= 11 is 0. The average molecular weight is 779 g/mol. The topological polar surface area (TPSA) is 21.3 Å². The molecule has 0 saturated carbocycles. The second-order valence-corrected chi connectivity index (χ2v) is 15.7. The van der Waals surface area contributed by atoms with Gasteiger partial charge in [0.1, 0.15) is 11.2 Å². The lowest BCUT2D eigenvalue weighted by Crippen LogP contribution is -2.10. The fourth-order valence-corrected chi connectivity index (χ4v) is 9.37. The Balaban J connectivity index is 1.04. The lowest BCUT2D eigenvalue weighted by Gasteiger charge is -2.27. The number of furan rings is 1. The number of fused-ring (bicyclic) bond motifs is 8. The van der Waals surface area contributed by atoms with Crippen LogP contribution in [0.1, 0.15) is 0 Å². The van der Waals surface area contributed by atoms with Crippen molar-refractivity contribution in [3.8, 4) is 39.1 Å². The van der Waals surface area contributed by atoms with Gasteiger partial charge in [0.2, 0.25) is 0 Å². The number of para-hydroxylation sites is 2. The lowest BCUT2D eigenvalue weighted by molar-refractivity contribution is 0.672. The Morgan fingerprint density at radius 1 is 0.361 bits per heavy atom. The van der Waals surface area contributed by atoms with E-state index < -0.39 is 0 Å². The predicted molar refractivity (Wildman–Crippen MR) is 257 cm³/mol. The Hall–Kier alpha value is -8.14. The molecule has 0 saturated heterocycles. The third kappa shape index (κ3) is 5.82. The molecule has 0 N–H and O–H groups in total. The minimum atomic E-state index is 0.860. The molecule has 12 aromatic rings. The van der Waals surface area contributed by atoms with Crippen LogP contribution in [0.15, 0.2) is 235 Å². The molecule has 0 radical (unpaired) electrons. The third-order valence-electron chi connectivity index (χ3n) is 12.2. The number of hydrogen-bond donors (Lipinski definition) is 0. The van der Waals surface area contributed by atoms with E-state index >= 15 is 0 Å². The fraction of sp³-hybridized carbons (Fsp3) is 0. The molecule has 2 aromatic heterocycles. The monoisotopic (exact) mass is 778 g/mol. The molecule has 0 aliphatic carbocycles. The molecular formula is C58H38N2O. The van der Waals surface area contributed by atoms with E-state index in [0.717, 1.165) is 66.6 Å². The summed E-state index contributed by atoms with van der Waals surface area (Å²) in [5.41, 5.74) is 15.6. The van der Waals surface area contributed by atoms with Crippen LogP contribution in [0, 0.1) is 0 Å². The van der Waals surface area contributed by atoms with Crippen LogP contribution < -0.4 is 4.90 Å². The van der Waals surface area contributed by atoms with Crippen LogP contribution >= 0.6 is 0 Å². The van der Waals surface area contributed by atoms with Crippen molar-refractivity contribution in [3.05, 3.63) is 231 Å². The minimum Gasteiger partial charge on any atom is -0.455 e. The maximum atomic E-state index is 6.74. The van der Waals surface area contributed by atoms with Gasteiger partial charge in [0.25, 0.3) is 0 Å². The van der Waals surface area contributed by atoms with E-state index in [4.69, 9.17) is 4.42 Å². The van der Waals surface area contributed by atoms with Gasteiger partial charge < -0.3 is 13.9 Å². The first-order valence-corrected chi connectivity index (χ1v) is 20.8. The molecule has 0 amide bonds. The standard InChI is InChI=1S/C58H38N2O/c1-3-14-39(15-4-1)40-28-30-41(31-29-40)42-32-35-46(36-33-42)59(54-26-13-27-55-57(54)51-37-34-43-16-7-8-21-49(43)58(51)61-55)47-20-11-17-44(38-47)48-23-12-25-53-56(48)50-22-9-10-24-52(50)60(53)45-18-5-2-6-19-45/h1-38H. The highest BCUT2D eigenvalue weighted by Gasteiger charge is 2.22. The van der Waals surface area contributed by atoms with Gasteiger partial charge in [-0.2, -0.15) is 0 Å². The van der Waals surface area contributed by atoms with E-state index in [0.29, 0.717) is 0 Å². The van der Waals surface area contributed by atoms with Crippen molar-refractivity contribution in [3.63, 3.8) is 0 Å². The van der Waals surface area contributed by atoms with Crippen molar-refractivity contribution in [1.29, 1.82) is 0 Å². The van der Waals surface area contributed by atoms with Crippen LogP contribution in [0.25, 0.3) is 93.6 Å². The molecule has 0 bridgehead atoms. The van der Waals surface area contributed by atoms with Crippen molar-refractivity contribution >= 4 is 71.6 Å². The van der Waals surface area contributed by atoms with E-state index in [1.165, 1.54) is 44.1 Å². The summed E-state index contributed by atoms with van der Waals surface area (Å²) < 4.78 is 9.12. The number of aromatic nitrogens is 1. The van der Waals surface area contributed by atoms with Crippen LogP contribution in [0.5, 0.6) is 0 Å². The van der Waals surface area contributed by atoms with Gasteiger partial charge in [-0.25, -0.2) is 0 Å². The predicted octanol–water partition coefficient (Wildman–Crippen LogP) is 16.3.